The highest BCUT2D eigenvalue weighted by atomic mass is 35.5. The summed E-state index contributed by atoms with van der Waals surface area (Å²) in [5.41, 5.74) is 0.357. The number of halogens is 1. The fourth-order valence-corrected chi connectivity index (χ4v) is 3.46. The molecule has 1 aromatic carbocycles. The van der Waals surface area contributed by atoms with E-state index in [4.69, 9.17) is 16.3 Å². The Bertz CT molecular complexity index is 606. The largest absolute Gasteiger partial charge is 0.462 e. The summed E-state index contributed by atoms with van der Waals surface area (Å²) in [6.07, 6.45) is 4.19. The molecule has 24 heavy (non-hydrogen) atoms. The Morgan fingerprint density at radius 3 is 2.75 bits per heavy atom. The summed E-state index contributed by atoms with van der Waals surface area (Å²) in [6, 6.07) is 4.41. The van der Waals surface area contributed by atoms with Crippen molar-refractivity contribution in [3.05, 3.63) is 38.9 Å². The van der Waals surface area contributed by atoms with E-state index in [9.17, 15) is 14.9 Å². The Balaban J connectivity index is 1.99. The Morgan fingerprint density at radius 2 is 2.08 bits per heavy atom. The number of esters is 1. The molecular formula is C17H24ClN2O4+. The highest BCUT2D eigenvalue weighted by Crippen LogP contribution is 2.28. The van der Waals surface area contributed by atoms with Gasteiger partial charge in [-0.1, -0.05) is 24.1 Å². The first kappa shape index (κ1) is 18.7. The molecule has 2 atom stereocenters. The maximum absolute atomic E-state index is 12.2. The highest BCUT2D eigenvalue weighted by molar-refractivity contribution is 6.32. The van der Waals surface area contributed by atoms with Crippen molar-refractivity contribution in [3.8, 4) is 0 Å². The van der Waals surface area contributed by atoms with E-state index in [1.165, 1.54) is 23.5 Å². The zero-order chi connectivity index (χ0) is 17.7. The van der Waals surface area contributed by atoms with E-state index in [0.717, 1.165) is 25.8 Å². The number of quaternary nitrogens is 1. The number of nitro benzene ring substituents is 1. The molecule has 6 nitrogen and oxygen atoms in total. The molecule has 0 radical (unpaired) electrons. The van der Waals surface area contributed by atoms with E-state index < -0.39 is 4.92 Å². The number of nitro groups is 1. The summed E-state index contributed by atoms with van der Waals surface area (Å²) in [7, 11) is 4.20. The van der Waals surface area contributed by atoms with Crippen LogP contribution in [0.15, 0.2) is 18.2 Å². The van der Waals surface area contributed by atoms with E-state index in [1.54, 1.807) is 6.07 Å². The van der Waals surface area contributed by atoms with Gasteiger partial charge in [0, 0.05) is 12.0 Å². The molecule has 0 bridgehead atoms. The lowest BCUT2D eigenvalue weighted by atomic mass is 9.86. The van der Waals surface area contributed by atoms with Crippen molar-refractivity contribution < 1.29 is 19.4 Å². The molecule has 132 valence electrons. The summed E-state index contributed by atoms with van der Waals surface area (Å²) in [5.74, 6) is 0.0459. The van der Waals surface area contributed by atoms with Gasteiger partial charge in [0.05, 0.1) is 32.0 Å². The van der Waals surface area contributed by atoms with Gasteiger partial charge >= 0.3 is 5.97 Å². The zero-order valence-corrected chi connectivity index (χ0v) is 14.8. The smallest absolute Gasteiger partial charge is 0.310 e. The molecule has 0 saturated heterocycles. The van der Waals surface area contributed by atoms with Crippen LogP contribution in [0.5, 0.6) is 0 Å². The first-order chi connectivity index (χ1) is 11.4. The minimum Gasteiger partial charge on any atom is -0.462 e. The Kier molecular flexibility index (Phi) is 6.57. The number of rotatable bonds is 6. The van der Waals surface area contributed by atoms with Gasteiger partial charge in [-0.3, -0.25) is 14.9 Å². The molecule has 1 fully saturated rings. The van der Waals surface area contributed by atoms with Crippen molar-refractivity contribution in [2.45, 2.75) is 38.2 Å². The van der Waals surface area contributed by atoms with Crippen LogP contribution in [-0.4, -0.2) is 37.6 Å². The molecule has 1 aliphatic carbocycles. The minimum atomic E-state index is -0.547. The van der Waals surface area contributed by atoms with Gasteiger partial charge in [-0.15, -0.1) is 0 Å². The second kappa shape index (κ2) is 8.44. The van der Waals surface area contributed by atoms with Crippen molar-refractivity contribution in [1.82, 2.24) is 0 Å². The van der Waals surface area contributed by atoms with E-state index in [1.807, 2.05) is 0 Å². The Morgan fingerprint density at radius 1 is 1.38 bits per heavy atom. The number of ether oxygens (including phenoxy) is 1. The van der Waals surface area contributed by atoms with Gasteiger partial charge in [-0.05, 0) is 30.9 Å². The first-order valence-corrected chi connectivity index (χ1v) is 8.66. The van der Waals surface area contributed by atoms with Gasteiger partial charge in [-0.2, -0.15) is 0 Å². The van der Waals surface area contributed by atoms with Gasteiger partial charge in [0.25, 0.3) is 5.69 Å². The first-order valence-electron chi connectivity index (χ1n) is 8.28. The number of nitrogens with zero attached hydrogens (tertiary/aromatic N) is 1. The molecule has 0 aromatic heterocycles. The number of carbonyl (C=O) groups is 1. The maximum atomic E-state index is 12.2. The van der Waals surface area contributed by atoms with Crippen LogP contribution in [0.2, 0.25) is 5.02 Å². The normalized spacial score (nSPS) is 20.8. The predicted octanol–water partition coefficient (Wildman–Crippen LogP) is 2.04. The van der Waals surface area contributed by atoms with Gasteiger partial charge in [0.15, 0.2) is 0 Å². The molecule has 0 amide bonds. The standard InChI is InChI=1S/C17H23ClN2O4/c1-19(2)11-13-5-3-4-6-16(13)24-17(21)10-12-7-8-14(18)15(9-12)20(22)23/h7-9,13,16H,3-6,10-11H2,1-2H3/p+1/t13-,16+/m1/s1. The Labute approximate surface area is 146 Å². The number of carbonyl (C=O) groups excluding carboxylic acids is 1. The number of hydrogen-bond acceptors (Lipinski definition) is 4. The van der Waals surface area contributed by atoms with E-state index in [2.05, 4.69) is 14.1 Å². The van der Waals surface area contributed by atoms with Gasteiger partial charge in [0.1, 0.15) is 11.1 Å². The second-order valence-corrected chi connectivity index (χ2v) is 7.11. The van der Waals surface area contributed by atoms with Crippen LogP contribution < -0.4 is 4.90 Å². The van der Waals surface area contributed by atoms with Crippen LogP contribution in [0.25, 0.3) is 0 Å². The summed E-state index contributed by atoms with van der Waals surface area (Å²) in [6.45, 7) is 0.977. The lowest BCUT2D eigenvalue weighted by Crippen LogP contribution is -3.06. The zero-order valence-electron chi connectivity index (χ0n) is 14.1. The summed E-state index contributed by atoms with van der Waals surface area (Å²) >= 11 is 5.79. The van der Waals surface area contributed by atoms with Crippen LogP contribution in [0.1, 0.15) is 31.2 Å². The second-order valence-electron chi connectivity index (χ2n) is 6.70. The molecule has 0 aliphatic heterocycles. The third-order valence-corrected chi connectivity index (χ3v) is 4.67. The minimum absolute atomic E-state index is 0.0239. The molecular weight excluding hydrogens is 332 g/mol. The molecule has 2 rings (SSSR count). The molecule has 1 aromatic rings. The fraction of sp³-hybridized carbons (Fsp3) is 0.588. The fourth-order valence-electron chi connectivity index (χ4n) is 3.27. The van der Waals surface area contributed by atoms with E-state index >= 15 is 0 Å². The van der Waals surface area contributed by atoms with Crippen molar-refractivity contribution in [3.63, 3.8) is 0 Å². The average molecular weight is 356 g/mol. The predicted molar refractivity (Wildman–Crippen MR) is 91.3 cm³/mol. The highest BCUT2D eigenvalue weighted by Gasteiger charge is 2.30. The number of benzene rings is 1. The summed E-state index contributed by atoms with van der Waals surface area (Å²) < 4.78 is 5.68. The lowest BCUT2D eigenvalue weighted by Gasteiger charge is -2.31. The quantitative estimate of drug-likeness (QED) is 0.481. The van der Waals surface area contributed by atoms with E-state index in [0.29, 0.717) is 11.5 Å². The van der Waals surface area contributed by atoms with Gasteiger partial charge < -0.3 is 9.64 Å². The topological polar surface area (TPSA) is 73.9 Å². The molecule has 1 aliphatic rings. The van der Waals surface area contributed by atoms with Crippen LogP contribution in [0.3, 0.4) is 0 Å². The van der Waals surface area contributed by atoms with Gasteiger partial charge in [0.2, 0.25) is 0 Å². The number of nitrogens with one attached hydrogen (secondary N) is 1. The molecule has 0 spiro atoms. The monoisotopic (exact) mass is 355 g/mol. The van der Waals surface area contributed by atoms with Crippen LogP contribution >= 0.6 is 11.6 Å². The summed E-state index contributed by atoms with van der Waals surface area (Å²) in [5, 5.41) is 11.0. The maximum Gasteiger partial charge on any atom is 0.310 e. The van der Waals surface area contributed by atoms with E-state index in [-0.39, 0.29) is 29.2 Å². The van der Waals surface area contributed by atoms with Crippen molar-refractivity contribution in [2.24, 2.45) is 5.92 Å². The molecule has 0 heterocycles. The number of hydrogen-bond donors (Lipinski definition) is 1. The van der Waals surface area contributed by atoms with Crippen molar-refractivity contribution in [1.29, 1.82) is 0 Å². The summed E-state index contributed by atoms with van der Waals surface area (Å²) in [4.78, 5) is 24.0. The SMILES string of the molecule is C[NH+](C)C[C@H]1CCCC[C@@H]1OC(=O)Cc1ccc(Cl)c([N+](=O)[O-])c1. The van der Waals surface area contributed by atoms with Gasteiger partial charge in [-0.25, -0.2) is 0 Å². The molecule has 1 N–H and O–H groups in total. The van der Waals surface area contributed by atoms with Crippen molar-refractivity contribution in [2.75, 3.05) is 20.6 Å². The third kappa shape index (κ3) is 5.18. The molecule has 0 unspecified atom stereocenters. The average Bonchev–Trinajstić information content (AvgIpc) is 2.50. The molecule has 7 heteroatoms. The van der Waals surface area contributed by atoms with Crippen LogP contribution in [0, 0.1) is 16.0 Å². The Hall–Kier alpha value is -1.66. The van der Waals surface area contributed by atoms with Crippen molar-refractivity contribution >= 4 is 23.3 Å². The third-order valence-electron chi connectivity index (χ3n) is 4.35. The lowest BCUT2D eigenvalue weighted by molar-refractivity contribution is -0.862. The molecule has 1 saturated carbocycles. The van der Waals surface area contributed by atoms with Crippen LogP contribution in [0.4, 0.5) is 5.69 Å². The van der Waals surface area contributed by atoms with Crippen LogP contribution in [-0.2, 0) is 16.0 Å².